The molecule has 0 saturated heterocycles. The van der Waals surface area contributed by atoms with Gasteiger partial charge in [-0.05, 0) is 46.8 Å². The van der Waals surface area contributed by atoms with Crippen LogP contribution in [0, 0.1) is 0 Å². The lowest BCUT2D eigenvalue weighted by Crippen LogP contribution is -2.44. The molecule has 10 nitrogen and oxygen atoms in total. The Bertz CT molecular complexity index is 1060. The molecular formula is C19H26F3N4O6PS. The Morgan fingerprint density at radius 3 is 2.29 bits per heavy atom. The molecule has 0 aliphatic rings. The molecule has 0 fully saturated rings. The van der Waals surface area contributed by atoms with Crippen molar-refractivity contribution < 1.29 is 41.5 Å². The summed E-state index contributed by atoms with van der Waals surface area (Å²) in [7, 11) is -3.94. The van der Waals surface area contributed by atoms with Gasteiger partial charge in [0.15, 0.2) is 5.13 Å². The number of nitrogens with one attached hydrogen (secondary N) is 3. The summed E-state index contributed by atoms with van der Waals surface area (Å²) in [5.41, 5.74) is 0.319. The average Bonchev–Trinajstić information content (AvgIpc) is 3.06. The van der Waals surface area contributed by atoms with Crippen LogP contribution < -0.4 is 20.0 Å². The minimum atomic E-state index is -4.85. The van der Waals surface area contributed by atoms with Crippen molar-refractivity contribution in [2.45, 2.75) is 59.2 Å². The molecule has 2 rings (SSSR count). The zero-order valence-electron chi connectivity index (χ0n) is 19.1. The maximum atomic E-state index is 13.7. The summed E-state index contributed by atoms with van der Waals surface area (Å²) < 4.78 is 65.4. The van der Waals surface area contributed by atoms with E-state index < -0.39 is 49.8 Å². The quantitative estimate of drug-likeness (QED) is 0.290. The van der Waals surface area contributed by atoms with Crippen molar-refractivity contribution in [2.75, 3.05) is 11.7 Å². The Kier molecular flexibility index (Phi) is 9.29. The number of carbonyl (C=O) groups excluding carboxylic acids is 2. The van der Waals surface area contributed by atoms with Gasteiger partial charge in [-0.3, -0.25) is 19.2 Å². The lowest BCUT2D eigenvalue weighted by Gasteiger charge is -2.26. The normalized spacial score (nSPS) is 15.4. The summed E-state index contributed by atoms with van der Waals surface area (Å²) in [5.74, 6) is -1.79. The summed E-state index contributed by atoms with van der Waals surface area (Å²) in [6.45, 7) is 7.87. The fourth-order valence-corrected chi connectivity index (χ4v) is 5.78. The van der Waals surface area contributed by atoms with Crippen LogP contribution in [-0.2, 0) is 23.6 Å². The molecule has 3 unspecified atom stereocenters. The van der Waals surface area contributed by atoms with E-state index in [0.29, 0.717) is 10.2 Å². The number of ether oxygens (including phenoxy) is 3. The van der Waals surface area contributed by atoms with Crippen LogP contribution in [0.25, 0.3) is 10.2 Å². The minimum absolute atomic E-state index is 0.0583. The molecule has 15 heteroatoms. The third-order valence-electron chi connectivity index (χ3n) is 3.94. The molecule has 0 aliphatic carbocycles. The number of aromatic nitrogens is 1. The first kappa shape index (κ1) is 27.8. The molecule has 2 aromatic rings. The van der Waals surface area contributed by atoms with Crippen LogP contribution in [0.3, 0.4) is 0 Å². The third kappa shape index (κ3) is 8.42. The summed E-state index contributed by atoms with van der Waals surface area (Å²) in [4.78, 5) is 28.5. The first-order valence-corrected chi connectivity index (χ1v) is 12.7. The van der Waals surface area contributed by atoms with Crippen molar-refractivity contribution in [3.05, 3.63) is 18.2 Å². The van der Waals surface area contributed by atoms with Crippen LogP contribution >= 0.6 is 18.9 Å². The second-order valence-electron chi connectivity index (χ2n) is 7.36. The van der Waals surface area contributed by atoms with E-state index in [0.717, 1.165) is 23.5 Å². The molecule has 1 aromatic carbocycles. The number of halogens is 3. The molecule has 3 atom stereocenters. The van der Waals surface area contributed by atoms with Crippen LogP contribution in [-0.4, -0.2) is 48.1 Å². The van der Waals surface area contributed by atoms with Gasteiger partial charge >= 0.3 is 25.9 Å². The molecule has 0 radical (unpaired) electrons. The van der Waals surface area contributed by atoms with Crippen LogP contribution in [0.2, 0.25) is 0 Å². The second-order valence-corrected chi connectivity index (χ2v) is 10.3. The SMILES string of the molecule is CCOC(=O)C(C)NP(=O)(Nc1nc2ccc(OC(F)(F)F)cc2s1)NC(C)C(=O)OC(C)C. The maximum absolute atomic E-state index is 13.7. The Balaban J connectivity index is 2.30. The Labute approximate surface area is 198 Å². The van der Waals surface area contributed by atoms with Crippen molar-refractivity contribution in [1.29, 1.82) is 0 Å². The molecule has 0 spiro atoms. The predicted molar refractivity (Wildman–Crippen MR) is 121 cm³/mol. The zero-order chi connectivity index (χ0) is 25.7. The number of benzene rings is 1. The van der Waals surface area contributed by atoms with Crippen LogP contribution in [0.5, 0.6) is 5.75 Å². The van der Waals surface area contributed by atoms with Crippen molar-refractivity contribution in [2.24, 2.45) is 0 Å². The van der Waals surface area contributed by atoms with Gasteiger partial charge in [0, 0.05) is 6.07 Å². The third-order valence-corrected chi connectivity index (χ3v) is 7.06. The van der Waals surface area contributed by atoms with Crippen LogP contribution in [0.4, 0.5) is 18.3 Å². The van der Waals surface area contributed by atoms with E-state index in [4.69, 9.17) is 9.47 Å². The van der Waals surface area contributed by atoms with Gasteiger partial charge in [-0.25, -0.2) is 15.2 Å². The number of alkyl halides is 3. The maximum Gasteiger partial charge on any atom is 0.573 e. The summed E-state index contributed by atoms with van der Waals surface area (Å²) in [6, 6.07) is 1.46. The topological polar surface area (TPSA) is 128 Å². The number of hydrogen-bond donors (Lipinski definition) is 3. The van der Waals surface area contributed by atoms with Gasteiger partial charge < -0.3 is 14.2 Å². The molecule has 0 saturated carbocycles. The lowest BCUT2D eigenvalue weighted by molar-refractivity contribution is -0.274. The largest absolute Gasteiger partial charge is 0.573 e. The van der Waals surface area contributed by atoms with Gasteiger partial charge in [-0.2, -0.15) is 0 Å². The molecule has 0 aliphatic heterocycles. The van der Waals surface area contributed by atoms with Crippen LogP contribution in [0.15, 0.2) is 18.2 Å². The fourth-order valence-electron chi connectivity index (χ4n) is 2.64. The van der Waals surface area contributed by atoms with E-state index >= 15 is 0 Å². The Morgan fingerprint density at radius 1 is 1.12 bits per heavy atom. The van der Waals surface area contributed by atoms with Crippen molar-refractivity contribution in [3.8, 4) is 5.75 Å². The average molecular weight is 526 g/mol. The van der Waals surface area contributed by atoms with E-state index in [1.807, 2.05) is 0 Å². The van der Waals surface area contributed by atoms with Gasteiger partial charge in [0.25, 0.3) is 0 Å². The fraction of sp³-hybridized carbons (Fsp3) is 0.526. The Hall–Kier alpha value is -2.41. The van der Waals surface area contributed by atoms with Crippen molar-refractivity contribution >= 4 is 46.2 Å². The smallest absolute Gasteiger partial charge is 0.465 e. The number of thiazole rings is 1. The second kappa shape index (κ2) is 11.3. The van der Waals surface area contributed by atoms with E-state index in [2.05, 4.69) is 25.0 Å². The van der Waals surface area contributed by atoms with Gasteiger partial charge in [0.1, 0.15) is 17.8 Å². The van der Waals surface area contributed by atoms with Gasteiger partial charge in [-0.1, -0.05) is 11.3 Å². The van der Waals surface area contributed by atoms with Gasteiger partial charge in [0.05, 0.1) is 22.9 Å². The summed E-state index contributed by atoms with van der Waals surface area (Å²) >= 11 is 0.902. The Morgan fingerprint density at radius 2 is 1.74 bits per heavy atom. The number of anilines is 1. The predicted octanol–water partition coefficient (Wildman–Crippen LogP) is 4.19. The molecular weight excluding hydrogens is 500 g/mol. The van der Waals surface area contributed by atoms with Crippen LogP contribution in [0.1, 0.15) is 34.6 Å². The van der Waals surface area contributed by atoms with E-state index in [9.17, 15) is 27.3 Å². The monoisotopic (exact) mass is 526 g/mol. The first-order chi connectivity index (χ1) is 15.7. The van der Waals surface area contributed by atoms with E-state index in [-0.39, 0.29) is 11.7 Å². The highest BCUT2D eigenvalue weighted by molar-refractivity contribution is 7.62. The van der Waals surface area contributed by atoms with Gasteiger partial charge in [0.2, 0.25) is 0 Å². The van der Waals surface area contributed by atoms with E-state index in [1.165, 1.54) is 19.9 Å². The van der Waals surface area contributed by atoms with Crippen molar-refractivity contribution in [1.82, 2.24) is 15.2 Å². The lowest BCUT2D eigenvalue weighted by atomic mass is 10.3. The van der Waals surface area contributed by atoms with Crippen molar-refractivity contribution in [3.63, 3.8) is 0 Å². The summed E-state index contributed by atoms with van der Waals surface area (Å²) in [5, 5.41) is 7.90. The molecule has 3 N–H and O–H groups in total. The molecule has 190 valence electrons. The highest BCUT2D eigenvalue weighted by atomic mass is 32.1. The molecule has 34 heavy (non-hydrogen) atoms. The number of hydrogen-bond acceptors (Lipinski definition) is 8. The molecule has 1 heterocycles. The number of rotatable bonds is 11. The molecule has 0 amide bonds. The van der Waals surface area contributed by atoms with Gasteiger partial charge in [-0.15, -0.1) is 13.2 Å². The number of fused-ring (bicyclic) bond motifs is 1. The summed E-state index contributed by atoms with van der Waals surface area (Å²) in [6.07, 6.45) is -5.26. The minimum Gasteiger partial charge on any atom is -0.465 e. The number of esters is 2. The number of nitrogens with zero attached hydrogens (tertiary/aromatic N) is 1. The zero-order valence-corrected chi connectivity index (χ0v) is 20.8. The first-order valence-electron chi connectivity index (χ1n) is 10.2. The molecule has 0 bridgehead atoms. The number of carbonyl (C=O) groups is 2. The highest BCUT2D eigenvalue weighted by Crippen LogP contribution is 2.41. The standard InChI is InChI=1S/C19H26F3N4O6PS/c1-6-30-16(27)11(4)24-33(29,25-12(5)17(28)31-10(2)3)26-18-23-14-8-7-13(9-15(14)34-18)32-19(20,21)22/h7-12H,6H2,1-5H3,(H3,23,24,25,26,29). The highest BCUT2D eigenvalue weighted by Gasteiger charge is 2.34. The molecule has 1 aromatic heterocycles. The van der Waals surface area contributed by atoms with E-state index in [1.54, 1.807) is 20.8 Å².